The van der Waals surface area contributed by atoms with E-state index < -0.39 is 36.2 Å². The number of aliphatic hydroxyl groups is 1. The number of carbonyl (C=O) groups excluding carboxylic acids is 3. The SMILES string of the molecule is COC(=O)[C@H](NC(=O)[C@@H](Cc1ccc(O)cc1)NC(=O)OCc1ccccc1)[C@@H](C)O. The summed E-state index contributed by atoms with van der Waals surface area (Å²) in [5.41, 5.74) is 1.42. The van der Waals surface area contributed by atoms with Crippen molar-refractivity contribution in [3.05, 3.63) is 65.7 Å². The summed E-state index contributed by atoms with van der Waals surface area (Å²) in [6, 6.07) is 12.7. The Morgan fingerprint density at radius 3 is 2.19 bits per heavy atom. The molecule has 0 fully saturated rings. The van der Waals surface area contributed by atoms with Gasteiger partial charge in [0.25, 0.3) is 0 Å². The van der Waals surface area contributed by atoms with Crippen molar-refractivity contribution in [1.29, 1.82) is 0 Å². The van der Waals surface area contributed by atoms with Gasteiger partial charge in [-0.15, -0.1) is 0 Å². The number of benzene rings is 2. The predicted molar refractivity (Wildman–Crippen MR) is 111 cm³/mol. The number of hydrogen-bond donors (Lipinski definition) is 4. The van der Waals surface area contributed by atoms with E-state index in [9.17, 15) is 24.6 Å². The van der Waals surface area contributed by atoms with Crippen LogP contribution in [0, 0.1) is 0 Å². The van der Waals surface area contributed by atoms with E-state index in [0.29, 0.717) is 5.56 Å². The van der Waals surface area contributed by atoms with Gasteiger partial charge in [-0.3, -0.25) is 4.79 Å². The Bertz CT molecular complexity index is 869. The molecule has 0 aliphatic heterocycles. The van der Waals surface area contributed by atoms with Crippen LogP contribution < -0.4 is 10.6 Å². The first-order valence-corrected chi connectivity index (χ1v) is 9.61. The number of amides is 2. The maximum atomic E-state index is 12.8. The molecule has 0 saturated carbocycles. The maximum Gasteiger partial charge on any atom is 0.408 e. The normalized spacial score (nSPS) is 13.4. The van der Waals surface area contributed by atoms with Crippen LogP contribution in [0.4, 0.5) is 4.79 Å². The van der Waals surface area contributed by atoms with Gasteiger partial charge in [0.05, 0.1) is 13.2 Å². The van der Waals surface area contributed by atoms with Crippen molar-refractivity contribution in [2.75, 3.05) is 7.11 Å². The molecule has 0 aliphatic rings. The quantitative estimate of drug-likeness (QED) is 0.440. The lowest BCUT2D eigenvalue weighted by molar-refractivity contribution is -0.148. The summed E-state index contributed by atoms with van der Waals surface area (Å²) in [6.07, 6.45) is -1.98. The van der Waals surface area contributed by atoms with Crippen LogP contribution in [0.1, 0.15) is 18.1 Å². The van der Waals surface area contributed by atoms with Gasteiger partial charge in [0, 0.05) is 6.42 Å². The number of nitrogens with one attached hydrogen (secondary N) is 2. The van der Waals surface area contributed by atoms with Gasteiger partial charge in [-0.25, -0.2) is 9.59 Å². The fourth-order valence-corrected chi connectivity index (χ4v) is 2.74. The van der Waals surface area contributed by atoms with E-state index in [-0.39, 0.29) is 18.8 Å². The molecule has 0 unspecified atom stereocenters. The highest BCUT2D eigenvalue weighted by molar-refractivity contribution is 5.90. The number of aliphatic hydroxyl groups excluding tert-OH is 1. The van der Waals surface area contributed by atoms with E-state index in [0.717, 1.165) is 12.7 Å². The molecule has 0 bridgehead atoms. The largest absolute Gasteiger partial charge is 0.508 e. The number of phenolic OH excluding ortho intramolecular Hbond substituents is 1. The zero-order valence-electron chi connectivity index (χ0n) is 17.3. The summed E-state index contributed by atoms with van der Waals surface area (Å²) < 4.78 is 9.78. The third-order valence-electron chi connectivity index (χ3n) is 4.43. The Morgan fingerprint density at radius 2 is 1.61 bits per heavy atom. The Hall–Kier alpha value is -3.59. The van der Waals surface area contributed by atoms with Crippen LogP contribution in [-0.4, -0.2) is 53.5 Å². The number of phenols is 1. The van der Waals surface area contributed by atoms with E-state index in [1.807, 2.05) is 6.07 Å². The summed E-state index contributed by atoms with van der Waals surface area (Å²) in [6.45, 7) is 1.34. The van der Waals surface area contributed by atoms with Gasteiger partial charge < -0.3 is 30.3 Å². The minimum absolute atomic E-state index is 0.0126. The van der Waals surface area contributed by atoms with Gasteiger partial charge in [0.15, 0.2) is 6.04 Å². The first kappa shape index (κ1) is 23.7. The second kappa shape index (κ2) is 11.6. The van der Waals surface area contributed by atoms with Gasteiger partial charge in [0.1, 0.15) is 18.4 Å². The topological polar surface area (TPSA) is 134 Å². The third kappa shape index (κ3) is 7.63. The number of ether oxygens (including phenoxy) is 2. The zero-order chi connectivity index (χ0) is 22.8. The van der Waals surface area contributed by atoms with Crippen molar-refractivity contribution in [2.45, 2.75) is 38.1 Å². The molecule has 0 spiro atoms. The van der Waals surface area contributed by atoms with Crippen molar-refractivity contribution < 1.29 is 34.1 Å². The van der Waals surface area contributed by atoms with Crippen molar-refractivity contribution >= 4 is 18.0 Å². The van der Waals surface area contributed by atoms with Gasteiger partial charge >= 0.3 is 12.1 Å². The number of esters is 1. The molecule has 0 aromatic heterocycles. The van der Waals surface area contributed by atoms with E-state index in [4.69, 9.17) is 4.74 Å². The number of hydrogen-bond acceptors (Lipinski definition) is 7. The fraction of sp³-hybridized carbons (Fsp3) is 0.318. The first-order chi connectivity index (χ1) is 14.8. The third-order valence-corrected chi connectivity index (χ3v) is 4.43. The lowest BCUT2D eigenvalue weighted by Gasteiger charge is -2.23. The molecule has 0 heterocycles. The molecular weight excluding hydrogens is 404 g/mol. The van der Waals surface area contributed by atoms with Crippen molar-refractivity contribution in [1.82, 2.24) is 10.6 Å². The molecule has 2 amide bonds. The van der Waals surface area contributed by atoms with E-state index >= 15 is 0 Å². The summed E-state index contributed by atoms with van der Waals surface area (Å²) in [5, 5.41) is 24.1. The highest BCUT2D eigenvalue weighted by Gasteiger charge is 2.30. The van der Waals surface area contributed by atoms with Crippen molar-refractivity contribution in [2.24, 2.45) is 0 Å². The van der Waals surface area contributed by atoms with Crippen LogP contribution in [0.2, 0.25) is 0 Å². The highest BCUT2D eigenvalue weighted by Crippen LogP contribution is 2.12. The summed E-state index contributed by atoms with van der Waals surface area (Å²) >= 11 is 0. The Kier molecular flexibility index (Phi) is 8.83. The van der Waals surface area contributed by atoms with E-state index in [1.165, 1.54) is 19.1 Å². The van der Waals surface area contributed by atoms with Gasteiger partial charge in [-0.05, 0) is 30.2 Å². The molecule has 9 heteroatoms. The minimum atomic E-state index is -1.30. The average Bonchev–Trinajstić information content (AvgIpc) is 2.76. The molecule has 0 aliphatic carbocycles. The van der Waals surface area contributed by atoms with Crippen LogP contribution >= 0.6 is 0 Å². The second-order valence-corrected chi connectivity index (χ2v) is 6.88. The second-order valence-electron chi connectivity index (χ2n) is 6.88. The molecule has 31 heavy (non-hydrogen) atoms. The molecule has 9 nitrogen and oxygen atoms in total. The fourth-order valence-electron chi connectivity index (χ4n) is 2.74. The number of alkyl carbamates (subject to hydrolysis) is 1. The highest BCUT2D eigenvalue weighted by atomic mass is 16.5. The molecule has 2 aromatic rings. The van der Waals surface area contributed by atoms with Crippen molar-refractivity contribution in [3.8, 4) is 5.75 Å². The monoisotopic (exact) mass is 430 g/mol. The Balaban J connectivity index is 2.10. The van der Waals surface area contributed by atoms with Gasteiger partial charge in [-0.2, -0.15) is 0 Å². The molecule has 4 N–H and O–H groups in total. The Labute approximate surface area is 180 Å². The zero-order valence-corrected chi connectivity index (χ0v) is 17.3. The van der Waals surface area contributed by atoms with Crippen LogP contribution in [0.15, 0.2) is 54.6 Å². The summed E-state index contributed by atoms with van der Waals surface area (Å²) in [4.78, 5) is 37.0. The first-order valence-electron chi connectivity index (χ1n) is 9.61. The molecule has 0 saturated heterocycles. The lowest BCUT2D eigenvalue weighted by Crippen LogP contribution is -2.55. The number of carbonyl (C=O) groups is 3. The molecule has 3 atom stereocenters. The molecule has 166 valence electrons. The van der Waals surface area contributed by atoms with Crippen LogP contribution in [0.3, 0.4) is 0 Å². The van der Waals surface area contributed by atoms with Crippen LogP contribution in [-0.2, 0) is 32.1 Å². The number of aromatic hydroxyl groups is 1. The van der Waals surface area contributed by atoms with Gasteiger partial charge in [-0.1, -0.05) is 42.5 Å². The molecule has 0 radical (unpaired) electrons. The minimum Gasteiger partial charge on any atom is -0.508 e. The standard InChI is InChI=1S/C22H26N2O7/c1-14(25)19(21(28)30-2)24-20(27)18(12-15-8-10-17(26)11-9-15)23-22(29)31-13-16-6-4-3-5-7-16/h3-11,14,18-19,25-26H,12-13H2,1-2H3,(H,23,29)(H,24,27)/t14-,18-,19-/m1/s1. The molecule has 2 aromatic carbocycles. The summed E-state index contributed by atoms with van der Waals surface area (Å²) in [5.74, 6) is -1.47. The van der Waals surface area contributed by atoms with Crippen LogP contribution in [0.25, 0.3) is 0 Å². The average molecular weight is 430 g/mol. The molecule has 2 rings (SSSR count). The lowest BCUT2D eigenvalue weighted by atomic mass is 10.0. The van der Waals surface area contributed by atoms with Crippen LogP contribution in [0.5, 0.6) is 5.75 Å². The van der Waals surface area contributed by atoms with E-state index in [1.54, 1.807) is 36.4 Å². The predicted octanol–water partition coefficient (Wildman–Crippen LogP) is 1.27. The number of rotatable bonds is 9. The molecular formula is C22H26N2O7. The van der Waals surface area contributed by atoms with Crippen molar-refractivity contribution in [3.63, 3.8) is 0 Å². The maximum absolute atomic E-state index is 12.8. The summed E-state index contributed by atoms with van der Waals surface area (Å²) in [7, 11) is 1.14. The number of methoxy groups -OCH3 is 1. The Morgan fingerprint density at radius 1 is 0.968 bits per heavy atom. The van der Waals surface area contributed by atoms with Gasteiger partial charge in [0.2, 0.25) is 5.91 Å². The van der Waals surface area contributed by atoms with E-state index in [2.05, 4.69) is 15.4 Å². The smallest absolute Gasteiger partial charge is 0.408 e.